The van der Waals surface area contributed by atoms with E-state index in [9.17, 15) is 22.8 Å². The van der Waals surface area contributed by atoms with E-state index in [1.165, 1.54) is 4.90 Å². The van der Waals surface area contributed by atoms with Gasteiger partial charge in [0.25, 0.3) is 5.89 Å². The van der Waals surface area contributed by atoms with Gasteiger partial charge in [0.05, 0.1) is 30.8 Å². The zero-order valence-corrected chi connectivity index (χ0v) is 22.8. The van der Waals surface area contributed by atoms with E-state index in [0.717, 1.165) is 0 Å². The number of amides is 3. The molecule has 2 aromatic carbocycles. The lowest BCUT2D eigenvalue weighted by Crippen LogP contribution is -2.57. The first-order chi connectivity index (χ1) is 19.3. The SMILES string of the molecule is CC[C@@H](NC(=O)[C@H](CS(=O)(=O)Cc1ccccc1)NC(=O)N1CCOCC1)C(=O)c1nc(-c2ccccc2)no1. The fourth-order valence-electron chi connectivity index (χ4n) is 4.13. The van der Waals surface area contributed by atoms with E-state index in [1.807, 2.05) is 6.07 Å². The molecular weight excluding hydrogens is 538 g/mol. The number of hydrogen-bond donors (Lipinski definition) is 2. The van der Waals surface area contributed by atoms with E-state index in [4.69, 9.17) is 9.26 Å². The molecule has 3 amide bonds. The molecule has 1 saturated heterocycles. The largest absolute Gasteiger partial charge is 0.378 e. The molecule has 0 spiro atoms. The van der Waals surface area contributed by atoms with Crippen LogP contribution in [-0.2, 0) is 25.1 Å². The summed E-state index contributed by atoms with van der Waals surface area (Å²) >= 11 is 0. The third-order valence-corrected chi connectivity index (χ3v) is 7.89. The molecule has 2 heterocycles. The number of benzene rings is 2. The smallest absolute Gasteiger partial charge is 0.318 e. The number of nitrogens with zero attached hydrogens (tertiary/aromatic N) is 3. The van der Waals surface area contributed by atoms with Gasteiger partial charge in [0.15, 0.2) is 9.84 Å². The summed E-state index contributed by atoms with van der Waals surface area (Å²) in [6.45, 7) is 2.93. The minimum absolute atomic E-state index is 0.161. The second-order valence-electron chi connectivity index (χ2n) is 9.26. The van der Waals surface area contributed by atoms with Gasteiger partial charge in [-0.3, -0.25) is 9.59 Å². The van der Waals surface area contributed by atoms with E-state index < -0.39 is 45.4 Å². The number of hydrogen-bond acceptors (Lipinski definition) is 9. The molecule has 1 aliphatic rings. The Morgan fingerprint density at radius 2 is 1.60 bits per heavy atom. The first kappa shape index (κ1) is 28.9. The molecule has 1 aromatic heterocycles. The molecule has 4 rings (SSSR count). The van der Waals surface area contributed by atoms with Crippen molar-refractivity contribution in [2.75, 3.05) is 32.1 Å². The topological polar surface area (TPSA) is 161 Å². The zero-order chi connectivity index (χ0) is 28.5. The highest BCUT2D eigenvalue weighted by molar-refractivity contribution is 7.90. The molecule has 1 fully saturated rings. The van der Waals surface area contributed by atoms with Crippen molar-refractivity contribution in [3.8, 4) is 11.4 Å². The minimum Gasteiger partial charge on any atom is -0.378 e. The van der Waals surface area contributed by atoms with Gasteiger partial charge in [-0.05, 0) is 12.0 Å². The van der Waals surface area contributed by atoms with E-state index in [0.29, 0.717) is 37.4 Å². The Morgan fingerprint density at radius 1 is 0.950 bits per heavy atom. The van der Waals surface area contributed by atoms with Crippen LogP contribution >= 0.6 is 0 Å². The Balaban J connectivity index is 1.49. The molecule has 1 aliphatic heterocycles. The number of Topliss-reactive ketones (excluding diaryl/α,β-unsaturated/α-hetero) is 1. The van der Waals surface area contributed by atoms with E-state index in [1.54, 1.807) is 61.5 Å². The van der Waals surface area contributed by atoms with Crippen molar-refractivity contribution < 1.29 is 32.1 Å². The van der Waals surface area contributed by atoms with Gasteiger partial charge in [-0.15, -0.1) is 0 Å². The quantitative estimate of drug-likeness (QED) is 0.328. The van der Waals surface area contributed by atoms with Crippen molar-refractivity contribution in [3.05, 3.63) is 72.1 Å². The fraction of sp³-hybridized carbons (Fsp3) is 0.370. The Labute approximate surface area is 232 Å². The molecule has 3 aromatic rings. The number of ether oxygens (including phenoxy) is 1. The second kappa shape index (κ2) is 13.3. The van der Waals surface area contributed by atoms with Gasteiger partial charge in [0.2, 0.25) is 17.5 Å². The maximum Gasteiger partial charge on any atom is 0.318 e. The second-order valence-corrected chi connectivity index (χ2v) is 11.4. The van der Waals surface area contributed by atoms with Gasteiger partial charge in [-0.25, -0.2) is 13.2 Å². The Morgan fingerprint density at radius 3 is 2.25 bits per heavy atom. The van der Waals surface area contributed by atoms with Crippen LogP contribution in [0.15, 0.2) is 65.2 Å². The summed E-state index contributed by atoms with van der Waals surface area (Å²) in [5, 5.41) is 8.96. The monoisotopic (exact) mass is 569 g/mol. The number of aromatic nitrogens is 2. The summed E-state index contributed by atoms with van der Waals surface area (Å²) in [5.41, 5.74) is 1.20. The number of carbonyl (C=O) groups is 3. The molecule has 212 valence electrons. The highest BCUT2D eigenvalue weighted by atomic mass is 32.2. The molecule has 40 heavy (non-hydrogen) atoms. The molecule has 12 nitrogen and oxygen atoms in total. The number of morpholine rings is 1. The van der Waals surface area contributed by atoms with E-state index in [-0.39, 0.29) is 23.9 Å². The molecule has 0 saturated carbocycles. The highest BCUT2D eigenvalue weighted by Gasteiger charge is 2.33. The summed E-state index contributed by atoms with van der Waals surface area (Å²) < 4.78 is 36.5. The number of urea groups is 1. The maximum absolute atomic E-state index is 13.4. The number of sulfone groups is 1. The zero-order valence-electron chi connectivity index (χ0n) is 22.0. The molecule has 13 heteroatoms. The van der Waals surface area contributed by atoms with Gasteiger partial charge in [-0.2, -0.15) is 4.98 Å². The third-order valence-electron chi connectivity index (χ3n) is 6.27. The third kappa shape index (κ3) is 7.73. The van der Waals surface area contributed by atoms with Crippen LogP contribution in [0.1, 0.15) is 29.6 Å². The van der Waals surface area contributed by atoms with Crippen LogP contribution in [0.25, 0.3) is 11.4 Å². The van der Waals surface area contributed by atoms with Crippen molar-refractivity contribution in [3.63, 3.8) is 0 Å². The highest BCUT2D eigenvalue weighted by Crippen LogP contribution is 2.16. The van der Waals surface area contributed by atoms with Crippen LogP contribution in [-0.4, -0.2) is 85.3 Å². The number of carbonyl (C=O) groups excluding carboxylic acids is 3. The standard InChI is InChI=1S/C27H31N5O7S/c1-2-21(23(33)26-30-24(31-39-26)20-11-7-4-8-12-20)28-25(34)22(29-27(35)32-13-15-38-16-14-32)18-40(36,37)17-19-9-5-3-6-10-19/h3-12,21-22H,2,13-18H2,1H3,(H,28,34)(H,29,35)/t21-,22+/m1/s1. The number of rotatable bonds is 11. The lowest BCUT2D eigenvalue weighted by Gasteiger charge is -2.29. The van der Waals surface area contributed by atoms with Crippen molar-refractivity contribution in [1.29, 1.82) is 0 Å². The lowest BCUT2D eigenvalue weighted by molar-refractivity contribution is -0.123. The van der Waals surface area contributed by atoms with Crippen LogP contribution in [0, 0.1) is 0 Å². The molecule has 0 radical (unpaired) electrons. The molecule has 0 unspecified atom stereocenters. The van der Waals surface area contributed by atoms with Gasteiger partial charge in [0.1, 0.15) is 6.04 Å². The van der Waals surface area contributed by atoms with Crippen molar-refractivity contribution in [2.24, 2.45) is 0 Å². The van der Waals surface area contributed by atoms with Crippen molar-refractivity contribution >= 4 is 27.6 Å². The number of ketones is 1. The van der Waals surface area contributed by atoms with Crippen LogP contribution < -0.4 is 10.6 Å². The van der Waals surface area contributed by atoms with Gasteiger partial charge >= 0.3 is 6.03 Å². The fourth-order valence-corrected chi connectivity index (χ4v) is 5.69. The van der Waals surface area contributed by atoms with Gasteiger partial charge in [0, 0.05) is 18.7 Å². The summed E-state index contributed by atoms with van der Waals surface area (Å²) in [5.74, 6) is -2.50. The Kier molecular flexibility index (Phi) is 9.61. The van der Waals surface area contributed by atoms with E-state index >= 15 is 0 Å². The molecule has 2 N–H and O–H groups in total. The minimum atomic E-state index is -3.84. The Bertz CT molecular complexity index is 1410. The number of nitrogens with one attached hydrogen (secondary N) is 2. The molecule has 0 aliphatic carbocycles. The summed E-state index contributed by atoms with van der Waals surface area (Å²) in [6, 6.07) is 14.3. The van der Waals surface area contributed by atoms with Crippen molar-refractivity contribution in [2.45, 2.75) is 31.2 Å². The lowest BCUT2D eigenvalue weighted by atomic mass is 10.1. The molecule has 0 bridgehead atoms. The van der Waals surface area contributed by atoms with Crippen LogP contribution in [0.5, 0.6) is 0 Å². The van der Waals surface area contributed by atoms with Gasteiger partial charge < -0.3 is 24.8 Å². The molecular formula is C27H31N5O7S. The van der Waals surface area contributed by atoms with Crippen LogP contribution in [0.3, 0.4) is 0 Å². The predicted molar refractivity (Wildman–Crippen MR) is 145 cm³/mol. The normalized spacial score (nSPS) is 15.2. The first-order valence-electron chi connectivity index (χ1n) is 12.9. The summed E-state index contributed by atoms with van der Waals surface area (Å²) in [6.07, 6.45) is 0.161. The average molecular weight is 570 g/mol. The Hall–Kier alpha value is -4.10. The van der Waals surface area contributed by atoms with Gasteiger partial charge in [-0.1, -0.05) is 72.7 Å². The van der Waals surface area contributed by atoms with Crippen LogP contribution in [0.2, 0.25) is 0 Å². The van der Waals surface area contributed by atoms with Crippen molar-refractivity contribution in [1.82, 2.24) is 25.7 Å². The van der Waals surface area contributed by atoms with Crippen LogP contribution in [0.4, 0.5) is 4.79 Å². The van der Waals surface area contributed by atoms with E-state index in [2.05, 4.69) is 20.8 Å². The predicted octanol–water partition coefficient (Wildman–Crippen LogP) is 1.84. The first-order valence-corrected chi connectivity index (χ1v) is 14.7. The molecule has 2 atom stereocenters. The summed E-state index contributed by atoms with van der Waals surface area (Å²) in [7, 11) is -3.84. The maximum atomic E-state index is 13.4. The summed E-state index contributed by atoms with van der Waals surface area (Å²) in [4.78, 5) is 45.0. The average Bonchev–Trinajstić information content (AvgIpc) is 3.47.